The number of aryl methyl sites for hydroxylation is 1. The Labute approximate surface area is 124 Å². The third kappa shape index (κ3) is 2.51. The number of phenolic OH excluding ortho intramolecular Hbond substituents is 1. The van der Waals surface area contributed by atoms with Gasteiger partial charge >= 0.3 is 0 Å². The predicted molar refractivity (Wildman–Crippen MR) is 85.8 cm³/mol. The Morgan fingerprint density at radius 3 is 2.62 bits per heavy atom. The van der Waals surface area contributed by atoms with Crippen LogP contribution in [0, 0.1) is 6.92 Å². The standard InChI is InChI=1S/C18H20N2O/c1-12(2)20-16-9-8-13(3)10-15(16)19-18(20)11-14-6-4-5-7-17(14)21/h4-10,12,21H,11H2,1-3H3. The molecular weight excluding hydrogens is 260 g/mol. The van der Waals surface area contributed by atoms with Gasteiger partial charge in [-0.1, -0.05) is 24.3 Å². The molecule has 0 atom stereocenters. The van der Waals surface area contributed by atoms with Crippen LogP contribution in [0.25, 0.3) is 11.0 Å². The number of hydrogen-bond donors (Lipinski definition) is 1. The molecule has 0 aliphatic rings. The summed E-state index contributed by atoms with van der Waals surface area (Å²) in [5, 5.41) is 9.98. The molecule has 0 radical (unpaired) electrons. The van der Waals surface area contributed by atoms with Crippen molar-refractivity contribution in [3.8, 4) is 5.75 Å². The van der Waals surface area contributed by atoms with Gasteiger partial charge in [-0.3, -0.25) is 0 Å². The van der Waals surface area contributed by atoms with Crippen molar-refractivity contribution in [2.75, 3.05) is 0 Å². The fourth-order valence-electron chi connectivity index (χ4n) is 2.79. The lowest BCUT2D eigenvalue weighted by atomic mass is 10.1. The second-order valence-electron chi connectivity index (χ2n) is 5.79. The third-order valence-corrected chi connectivity index (χ3v) is 3.77. The van der Waals surface area contributed by atoms with Crippen molar-refractivity contribution in [3.05, 3.63) is 59.4 Å². The van der Waals surface area contributed by atoms with E-state index in [-0.39, 0.29) is 0 Å². The maximum absolute atomic E-state index is 9.98. The highest BCUT2D eigenvalue weighted by Crippen LogP contribution is 2.26. The summed E-state index contributed by atoms with van der Waals surface area (Å²) in [6, 6.07) is 14.2. The number of phenols is 1. The van der Waals surface area contributed by atoms with E-state index in [4.69, 9.17) is 4.98 Å². The number of fused-ring (bicyclic) bond motifs is 1. The molecule has 0 spiro atoms. The Kier molecular flexibility index (Phi) is 3.42. The van der Waals surface area contributed by atoms with E-state index in [2.05, 4.69) is 43.5 Å². The van der Waals surface area contributed by atoms with E-state index >= 15 is 0 Å². The van der Waals surface area contributed by atoms with E-state index in [9.17, 15) is 5.11 Å². The van der Waals surface area contributed by atoms with E-state index in [1.165, 1.54) is 5.56 Å². The normalized spacial score (nSPS) is 11.4. The number of imidazole rings is 1. The quantitative estimate of drug-likeness (QED) is 0.780. The maximum atomic E-state index is 9.98. The molecule has 2 aromatic carbocycles. The molecule has 0 aliphatic carbocycles. The van der Waals surface area contributed by atoms with Gasteiger partial charge in [0.15, 0.2) is 0 Å². The Bertz CT molecular complexity index is 787. The molecule has 1 heterocycles. The largest absolute Gasteiger partial charge is 0.508 e. The molecule has 1 aromatic heterocycles. The Morgan fingerprint density at radius 1 is 1.14 bits per heavy atom. The molecule has 0 aliphatic heterocycles. The first-order chi connectivity index (χ1) is 10.1. The second-order valence-corrected chi connectivity index (χ2v) is 5.79. The van der Waals surface area contributed by atoms with Gasteiger partial charge in [0.2, 0.25) is 0 Å². The fourth-order valence-corrected chi connectivity index (χ4v) is 2.79. The average Bonchev–Trinajstić information content (AvgIpc) is 2.78. The van der Waals surface area contributed by atoms with Crippen LogP contribution in [0.1, 0.15) is 36.8 Å². The molecule has 0 unspecified atom stereocenters. The van der Waals surface area contributed by atoms with Crippen LogP contribution in [0.4, 0.5) is 0 Å². The van der Waals surface area contributed by atoms with Crippen molar-refractivity contribution in [1.29, 1.82) is 0 Å². The summed E-state index contributed by atoms with van der Waals surface area (Å²) in [6.45, 7) is 6.40. The van der Waals surface area contributed by atoms with Crippen LogP contribution < -0.4 is 0 Å². The number of para-hydroxylation sites is 1. The van der Waals surface area contributed by atoms with E-state index < -0.39 is 0 Å². The number of benzene rings is 2. The van der Waals surface area contributed by atoms with Gasteiger partial charge < -0.3 is 9.67 Å². The van der Waals surface area contributed by atoms with E-state index in [0.717, 1.165) is 22.4 Å². The third-order valence-electron chi connectivity index (χ3n) is 3.77. The molecule has 0 bridgehead atoms. The number of aromatic hydroxyl groups is 1. The zero-order valence-corrected chi connectivity index (χ0v) is 12.7. The van der Waals surface area contributed by atoms with Gasteiger partial charge in [0.05, 0.1) is 11.0 Å². The number of nitrogens with zero attached hydrogens (tertiary/aromatic N) is 2. The van der Waals surface area contributed by atoms with Crippen LogP contribution in [-0.2, 0) is 6.42 Å². The molecule has 0 saturated carbocycles. The molecule has 0 saturated heterocycles. The monoisotopic (exact) mass is 280 g/mol. The van der Waals surface area contributed by atoms with Crippen LogP contribution in [-0.4, -0.2) is 14.7 Å². The fraction of sp³-hybridized carbons (Fsp3) is 0.278. The summed E-state index contributed by atoms with van der Waals surface area (Å²) in [7, 11) is 0. The molecule has 3 nitrogen and oxygen atoms in total. The summed E-state index contributed by atoms with van der Waals surface area (Å²) in [5.41, 5.74) is 4.30. The number of hydrogen-bond acceptors (Lipinski definition) is 2. The summed E-state index contributed by atoms with van der Waals surface area (Å²) < 4.78 is 2.25. The summed E-state index contributed by atoms with van der Waals surface area (Å²) in [6.07, 6.45) is 0.637. The Balaban J connectivity index is 2.13. The molecule has 3 aromatic rings. The van der Waals surface area contributed by atoms with Crippen LogP contribution in [0.5, 0.6) is 5.75 Å². The molecule has 3 rings (SSSR count). The van der Waals surface area contributed by atoms with Crippen LogP contribution in [0.15, 0.2) is 42.5 Å². The van der Waals surface area contributed by atoms with E-state index in [0.29, 0.717) is 18.2 Å². The van der Waals surface area contributed by atoms with Gasteiger partial charge in [-0.25, -0.2) is 4.98 Å². The van der Waals surface area contributed by atoms with Gasteiger partial charge in [-0.2, -0.15) is 0 Å². The van der Waals surface area contributed by atoms with Gasteiger partial charge in [0, 0.05) is 18.0 Å². The van der Waals surface area contributed by atoms with Crippen molar-refractivity contribution in [1.82, 2.24) is 9.55 Å². The molecule has 0 fully saturated rings. The first-order valence-electron chi connectivity index (χ1n) is 7.30. The van der Waals surface area contributed by atoms with Crippen LogP contribution in [0.3, 0.4) is 0 Å². The highest BCUT2D eigenvalue weighted by atomic mass is 16.3. The molecule has 21 heavy (non-hydrogen) atoms. The minimum Gasteiger partial charge on any atom is -0.508 e. The zero-order valence-electron chi connectivity index (χ0n) is 12.7. The Hall–Kier alpha value is -2.29. The average molecular weight is 280 g/mol. The topological polar surface area (TPSA) is 38.1 Å². The lowest BCUT2D eigenvalue weighted by Crippen LogP contribution is -2.07. The summed E-state index contributed by atoms with van der Waals surface area (Å²) >= 11 is 0. The van der Waals surface area contributed by atoms with Gasteiger partial charge in [-0.15, -0.1) is 0 Å². The van der Waals surface area contributed by atoms with Gasteiger partial charge in [0.25, 0.3) is 0 Å². The second kappa shape index (κ2) is 5.24. The van der Waals surface area contributed by atoms with Crippen molar-refractivity contribution in [2.45, 2.75) is 33.2 Å². The summed E-state index contributed by atoms with van der Waals surface area (Å²) in [4.78, 5) is 4.78. The van der Waals surface area contributed by atoms with Crippen molar-refractivity contribution in [3.63, 3.8) is 0 Å². The lowest BCUT2D eigenvalue weighted by Gasteiger charge is -2.13. The molecule has 3 heteroatoms. The highest BCUT2D eigenvalue weighted by molar-refractivity contribution is 5.77. The SMILES string of the molecule is Cc1ccc2c(c1)nc(Cc1ccccc1O)n2C(C)C. The molecule has 0 amide bonds. The van der Waals surface area contributed by atoms with Crippen LogP contribution in [0.2, 0.25) is 0 Å². The van der Waals surface area contributed by atoms with Gasteiger partial charge in [-0.05, 0) is 44.5 Å². The summed E-state index contributed by atoms with van der Waals surface area (Å²) in [5.74, 6) is 1.32. The minimum absolute atomic E-state index is 0.330. The smallest absolute Gasteiger partial charge is 0.119 e. The Morgan fingerprint density at radius 2 is 1.90 bits per heavy atom. The first-order valence-corrected chi connectivity index (χ1v) is 7.30. The highest BCUT2D eigenvalue weighted by Gasteiger charge is 2.14. The number of aromatic nitrogens is 2. The van der Waals surface area contributed by atoms with Gasteiger partial charge in [0.1, 0.15) is 11.6 Å². The van der Waals surface area contributed by atoms with Crippen molar-refractivity contribution < 1.29 is 5.11 Å². The first kappa shape index (κ1) is 13.7. The molecular formula is C18H20N2O. The molecule has 1 N–H and O–H groups in total. The molecule has 108 valence electrons. The minimum atomic E-state index is 0.330. The van der Waals surface area contributed by atoms with E-state index in [1.54, 1.807) is 6.07 Å². The maximum Gasteiger partial charge on any atom is 0.119 e. The van der Waals surface area contributed by atoms with Crippen LogP contribution >= 0.6 is 0 Å². The zero-order chi connectivity index (χ0) is 15.0. The van der Waals surface area contributed by atoms with E-state index in [1.807, 2.05) is 18.2 Å². The van der Waals surface area contributed by atoms with Crippen molar-refractivity contribution in [2.24, 2.45) is 0 Å². The lowest BCUT2D eigenvalue weighted by molar-refractivity contribution is 0.468. The predicted octanol–water partition coefficient (Wildman–Crippen LogP) is 4.22. The number of rotatable bonds is 3. The van der Waals surface area contributed by atoms with Crippen molar-refractivity contribution >= 4 is 11.0 Å².